The maximum absolute atomic E-state index is 6.80. The van der Waals surface area contributed by atoms with Crippen LogP contribution in [0.4, 0.5) is 0 Å². The van der Waals surface area contributed by atoms with Crippen LogP contribution in [0.3, 0.4) is 0 Å². The highest BCUT2D eigenvalue weighted by atomic mass is 79.9. The van der Waals surface area contributed by atoms with E-state index in [1.165, 1.54) is 10.8 Å². The van der Waals surface area contributed by atoms with E-state index in [0.29, 0.717) is 6.54 Å². The van der Waals surface area contributed by atoms with Crippen molar-refractivity contribution in [3.05, 3.63) is 57.9 Å². The predicted octanol–water partition coefficient (Wildman–Crippen LogP) is 4.02. The minimum absolute atomic E-state index is 0.464. The van der Waals surface area contributed by atoms with Crippen molar-refractivity contribution in [3.63, 3.8) is 0 Å². The Kier molecular flexibility index (Phi) is 2.51. The molecule has 0 saturated carbocycles. The molecule has 2 aromatic carbocycles. The van der Waals surface area contributed by atoms with Crippen LogP contribution in [0.5, 0.6) is 0 Å². The first kappa shape index (κ1) is 9.23. The average molecular weight is 246 g/mol. The molecule has 0 amide bonds. The molecule has 1 nitrogen and oxygen atoms in total. The Hall–Kier alpha value is -1.33. The van der Waals surface area contributed by atoms with E-state index in [4.69, 9.17) is 6.57 Å². The van der Waals surface area contributed by atoms with Crippen LogP contribution in [0.2, 0.25) is 0 Å². The molecule has 0 N–H and O–H groups in total. The van der Waals surface area contributed by atoms with E-state index in [1.807, 2.05) is 12.1 Å². The van der Waals surface area contributed by atoms with Gasteiger partial charge < -0.3 is 4.85 Å². The maximum atomic E-state index is 6.80. The summed E-state index contributed by atoms with van der Waals surface area (Å²) in [5, 5.41) is 2.39. The van der Waals surface area contributed by atoms with E-state index in [0.717, 1.165) is 10.0 Å². The Labute approximate surface area is 91.3 Å². The number of halogens is 1. The van der Waals surface area contributed by atoms with Crippen molar-refractivity contribution in [3.8, 4) is 0 Å². The van der Waals surface area contributed by atoms with Crippen LogP contribution in [0.25, 0.3) is 15.6 Å². The molecule has 0 atom stereocenters. The third kappa shape index (κ3) is 1.78. The van der Waals surface area contributed by atoms with Gasteiger partial charge in [0, 0.05) is 10.0 Å². The molecule has 0 bridgehead atoms. The lowest BCUT2D eigenvalue weighted by molar-refractivity contribution is 1.28. The lowest BCUT2D eigenvalue weighted by Crippen LogP contribution is -1.80. The second-order valence-corrected chi connectivity index (χ2v) is 4.06. The minimum Gasteiger partial charge on any atom is -0.312 e. The van der Waals surface area contributed by atoms with E-state index in [2.05, 4.69) is 45.0 Å². The lowest BCUT2D eigenvalue weighted by atomic mass is 10.1. The van der Waals surface area contributed by atoms with Gasteiger partial charge in [-0.05, 0) is 29.0 Å². The first-order chi connectivity index (χ1) is 6.79. The molecule has 0 fully saturated rings. The van der Waals surface area contributed by atoms with Gasteiger partial charge >= 0.3 is 0 Å². The van der Waals surface area contributed by atoms with E-state index in [1.54, 1.807) is 0 Å². The number of fused-ring (bicyclic) bond motifs is 1. The van der Waals surface area contributed by atoms with Gasteiger partial charge in [-0.15, -0.1) is 0 Å². The van der Waals surface area contributed by atoms with Gasteiger partial charge in [-0.1, -0.05) is 34.1 Å². The first-order valence-corrected chi connectivity index (χ1v) is 5.10. The summed E-state index contributed by atoms with van der Waals surface area (Å²) in [6.45, 7) is 7.26. The molecule has 14 heavy (non-hydrogen) atoms. The number of benzene rings is 2. The summed E-state index contributed by atoms with van der Waals surface area (Å²) in [6.07, 6.45) is 0. The third-order valence-corrected chi connectivity index (χ3v) is 2.62. The smallest absolute Gasteiger partial charge is 0.239 e. The molecule has 0 aliphatic carbocycles. The Bertz CT molecular complexity index is 511. The van der Waals surface area contributed by atoms with Crippen LogP contribution in [-0.2, 0) is 6.54 Å². The Morgan fingerprint density at radius 3 is 2.57 bits per heavy atom. The molecule has 0 aliphatic heterocycles. The third-order valence-electron chi connectivity index (χ3n) is 2.13. The molecule has 2 aromatic rings. The van der Waals surface area contributed by atoms with Crippen molar-refractivity contribution in [2.45, 2.75) is 6.54 Å². The van der Waals surface area contributed by atoms with E-state index >= 15 is 0 Å². The van der Waals surface area contributed by atoms with Crippen LogP contribution >= 0.6 is 15.9 Å². The molecule has 2 heteroatoms. The fraction of sp³-hybridized carbons (Fsp3) is 0.0833. The molecule has 0 aliphatic rings. The fourth-order valence-corrected chi connectivity index (χ4v) is 1.83. The van der Waals surface area contributed by atoms with Gasteiger partial charge in [-0.2, -0.15) is 0 Å². The molecule has 0 radical (unpaired) electrons. The van der Waals surface area contributed by atoms with E-state index < -0.39 is 0 Å². The van der Waals surface area contributed by atoms with Crippen molar-refractivity contribution in [2.75, 3.05) is 0 Å². The standard InChI is InChI=1S/C12H8BrN/c1-14-8-9-2-3-11-7-12(13)5-4-10(11)6-9/h2-7H,8H2. The highest BCUT2D eigenvalue weighted by Crippen LogP contribution is 2.21. The van der Waals surface area contributed by atoms with Crippen LogP contribution in [0.15, 0.2) is 40.9 Å². The predicted molar refractivity (Wildman–Crippen MR) is 62.0 cm³/mol. The molecule has 0 spiro atoms. The molecule has 0 aromatic heterocycles. The van der Waals surface area contributed by atoms with E-state index in [9.17, 15) is 0 Å². The summed E-state index contributed by atoms with van der Waals surface area (Å²) < 4.78 is 1.09. The first-order valence-electron chi connectivity index (χ1n) is 4.31. The number of hydrogen-bond donors (Lipinski definition) is 0. The Morgan fingerprint density at radius 2 is 1.79 bits per heavy atom. The Morgan fingerprint density at radius 1 is 1.07 bits per heavy atom. The van der Waals surface area contributed by atoms with Crippen molar-refractivity contribution in [2.24, 2.45) is 0 Å². The van der Waals surface area contributed by atoms with Gasteiger partial charge in [0.2, 0.25) is 6.54 Å². The number of rotatable bonds is 1. The molecule has 0 heterocycles. The molecule has 68 valence electrons. The van der Waals surface area contributed by atoms with Crippen LogP contribution in [-0.4, -0.2) is 0 Å². The van der Waals surface area contributed by atoms with Crippen molar-refractivity contribution >= 4 is 26.7 Å². The largest absolute Gasteiger partial charge is 0.312 e. The quantitative estimate of drug-likeness (QED) is 0.669. The molecule has 0 unspecified atom stereocenters. The van der Waals surface area contributed by atoms with Crippen LogP contribution in [0, 0.1) is 6.57 Å². The molecule has 0 saturated heterocycles. The molecule has 2 rings (SSSR count). The van der Waals surface area contributed by atoms with Gasteiger partial charge in [0.25, 0.3) is 0 Å². The molecular formula is C12H8BrN. The van der Waals surface area contributed by atoms with Crippen molar-refractivity contribution < 1.29 is 0 Å². The minimum atomic E-state index is 0.464. The zero-order chi connectivity index (χ0) is 9.97. The second-order valence-electron chi connectivity index (χ2n) is 3.14. The molecular weight excluding hydrogens is 238 g/mol. The number of hydrogen-bond acceptors (Lipinski definition) is 0. The van der Waals surface area contributed by atoms with Gasteiger partial charge in [0.1, 0.15) is 0 Å². The van der Waals surface area contributed by atoms with Crippen molar-refractivity contribution in [1.29, 1.82) is 0 Å². The maximum Gasteiger partial charge on any atom is 0.239 e. The lowest BCUT2D eigenvalue weighted by Gasteiger charge is -1.99. The SMILES string of the molecule is [C-]#[N+]Cc1ccc2cc(Br)ccc2c1. The monoisotopic (exact) mass is 245 g/mol. The fourth-order valence-electron chi connectivity index (χ4n) is 1.46. The zero-order valence-corrected chi connectivity index (χ0v) is 9.08. The zero-order valence-electron chi connectivity index (χ0n) is 7.50. The summed E-state index contributed by atoms with van der Waals surface area (Å²) in [5.41, 5.74) is 1.08. The normalized spacial score (nSPS) is 10.0. The highest BCUT2D eigenvalue weighted by Gasteiger charge is 1.98. The summed E-state index contributed by atoms with van der Waals surface area (Å²) in [7, 11) is 0. The van der Waals surface area contributed by atoms with Crippen molar-refractivity contribution in [1.82, 2.24) is 0 Å². The van der Waals surface area contributed by atoms with E-state index in [-0.39, 0.29) is 0 Å². The van der Waals surface area contributed by atoms with Gasteiger partial charge in [0.15, 0.2) is 0 Å². The summed E-state index contributed by atoms with van der Waals surface area (Å²) in [5.74, 6) is 0. The van der Waals surface area contributed by atoms with Crippen LogP contribution in [0.1, 0.15) is 5.56 Å². The van der Waals surface area contributed by atoms with Gasteiger partial charge in [-0.3, -0.25) is 0 Å². The summed E-state index contributed by atoms with van der Waals surface area (Å²) in [4.78, 5) is 3.37. The summed E-state index contributed by atoms with van der Waals surface area (Å²) >= 11 is 3.43. The van der Waals surface area contributed by atoms with Crippen LogP contribution < -0.4 is 0 Å². The topological polar surface area (TPSA) is 4.36 Å². The highest BCUT2D eigenvalue weighted by molar-refractivity contribution is 9.10. The second kappa shape index (κ2) is 3.81. The average Bonchev–Trinajstić information content (AvgIpc) is 2.19. The number of nitrogens with zero attached hydrogens (tertiary/aromatic N) is 1. The van der Waals surface area contributed by atoms with Gasteiger partial charge in [-0.25, -0.2) is 6.57 Å². The Balaban J connectivity index is 2.57. The summed E-state index contributed by atoms with van der Waals surface area (Å²) in [6, 6.07) is 12.3. The van der Waals surface area contributed by atoms with Gasteiger partial charge in [0.05, 0.1) is 0 Å².